The van der Waals surface area contributed by atoms with Gasteiger partial charge in [-0.05, 0) is 57.1 Å². The Labute approximate surface area is 170 Å². The Morgan fingerprint density at radius 2 is 1.89 bits per heavy atom. The lowest BCUT2D eigenvalue weighted by Gasteiger charge is -2.26. The molecule has 28 heavy (non-hydrogen) atoms. The fourth-order valence-electron chi connectivity index (χ4n) is 4.31. The first-order valence-electron chi connectivity index (χ1n) is 10.6. The number of aromatic nitrogens is 2. The molecule has 1 saturated carbocycles. The van der Waals surface area contributed by atoms with Gasteiger partial charge in [-0.25, -0.2) is 18.4 Å². The molecule has 0 unspecified atom stereocenters. The number of sulfone groups is 1. The molecule has 152 valence electrons. The highest BCUT2D eigenvalue weighted by Crippen LogP contribution is 2.43. The highest BCUT2D eigenvalue weighted by atomic mass is 32.2. The topological polar surface area (TPSA) is 75.2 Å². The third-order valence-corrected chi connectivity index (χ3v) is 8.95. The summed E-state index contributed by atoms with van der Waals surface area (Å²) in [4.78, 5) is 14.8. The average molecular weight is 421 g/mol. The van der Waals surface area contributed by atoms with Crippen molar-refractivity contribution in [1.29, 1.82) is 0 Å². The van der Waals surface area contributed by atoms with Crippen molar-refractivity contribution in [3.05, 3.63) is 16.3 Å². The van der Waals surface area contributed by atoms with Crippen LogP contribution in [0.15, 0.2) is 0 Å². The van der Waals surface area contributed by atoms with Crippen LogP contribution in [-0.2, 0) is 22.7 Å². The number of rotatable bonds is 6. The van der Waals surface area contributed by atoms with Gasteiger partial charge in [0.25, 0.3) is 0 Å². The van der Waals surface area contributed by atoms with Crippen LogP contribution >= 0.6 is 11.3 Å². The summed E-state index contributed by atoms with van der Waals surface area (Å²) in [6.45, 7) is 3.14. The molecule has 0 spiro atoms. The lowest BCUT2D eigenvalue weighted by molar-refractivity contribution is 0.294. The molecule has 1 N–H and O–H groups in total. The van der Waals surface area contributed by atoms with Gasteiger partial charge in [-0.15, -0.1) is 11.3 Å². The third kappa shape index (κ3) is 3.91. The zero-order chi connectivity index (χ0) is 19.1. The molecule has 3 aliphatic rings. The Morgan fingerprint density at radius 3 is 2.68 bits per heavy atom. The van der Waals surface area contributed by atoms with Gasteiger partial charge in [0, 0.05) is 30.4 Å². The zero-order valence-corrected chi connectivity index (χ0v) is 17.9. The number of aryl methyl sites for hydroxylation is 2. The maximum atomic E-state index is 11.6. The Balaban J connectivity index is 1.29. The zero-order valence-electron chi connectivity index (χ0n) is 16.2. The van der Waals surface area contributed by atoms with Crippen LogP contribution in [0.2, 0.25) is 0 Å². The molecule has 1 saturated heterocycles. The van der Waals surface area contributed by atoms with Crippen molar-refractivity contribution in [2.75, 3.05) is 43.0 Å². The van der Waals surface area contributed by atoms with Gasteiger partial charge in [0.05, 0.1) is 16.9 Å². The maximum Gasteiger partial charge on any atom is 0.152 e. The van der Waals surface area contributed by atoms with Gasteiger partial charge in [-0.3, -0.25) is 0 Å². The molecule has 2 aliphatic carbocycles. The summed E-state index contributed by atoms with van der Waals surface area (Å²) in [5, 5.41) is 4.88. The Morgan fingerprint density at radius 1 is 1.11 bits per heavy atom. The predicted octanol–water partition coefficient (Wildman–Crippen LogP) is 2.98. The van der Waals surface area contributed by atoms with Crippen molar-refractivity contribution in [2.45, 2.75) is 50.9 Å². The van der Waals surface area contributed by atoms with Crippen LogP contribution in [0, 0.1) is 0 Å². The van der Waals surface area contributed by atoms with Crippen molar-refractivity contribution in [3.63, 3.8) is 0 Å². The van der Waals surface area contributed by atoms with Crippen LogP contribution < -0.4 is 5.32 Å². The van der Waals surface area contributed by atoms with Crippen molar-refractivity contribution in [3.8, 4) is 0 Å². The number of hydrogen-bond donors (Lipinski definition) is 1. The molecule has 2 aromatic heterocycles. The molecule has 3 heterocycles. The molecule has 5 rings (SSSR count). The van der Waals surface area contributed by atoms with Crippen molar-refractivity contribution < 1.29 is 8.42 Å². The molecule has 0 amide bonds. The molecule has 8 heteroatoms. The highest BCUT2D eigenvalue weighted by Gasteiger charge is 2.29. The lowest BCUT2D eigenvalue weighted by atomic mass is 9.97. The van der Waals surface area contributed by atoms with Crippen molar-refractivity contribution in [1.82, 2.24) is 14.9 Å². The van der Waals surface area contributed by atoms with E-state index in [-0.39, 0.29) is 0 Å². The van der Waals surface area contributed by atoms with E-state index in [2.05, 4.69) is 10.2 Å². The van der Waals surface area contributed by atoms with Gasteiger partial charge in [-0.2, -0.15) is 0 Å². The van der Waals surface area contributed by atoms with E-state index in [0.29, 0.717) is 30.5 Å². The number of nitrogens with zero attached hydrogens (tertiary/aromatic N) is 3. The molecule has 0 aromatic carbocycles. The van der Waals surface area contributed by atoms with E-state index in [1.54, 1.807) is 0 Å². The molecule has 2 aromatic rings. The predicted molar refractivity (Wildman–Crippen MR) is 114 cm³/mol. The molecule has 6 nitrogen and oxygen atoms in total. The quantitative estimate of drug-likeness (QED) is 0.724. The summed E-state index contributed by atoms with van der Waals surface area (Å²) < 4.78 is 23.1. The van der Waals surface area contributed by atoms with Gasteiger partial charge < -0.3 is 10.2 Å². The monoisotopic (exact) mass is 420 g/mol. The summed E-state index contributed by atoms with van der Waals surface area (Å²) in [7, 11) is -2.80. The minimum atomic E-state index is -2.80. The smallest absolute Gasteiger partial charge is 0.152 e. The van der Waals surface area contributed by atoms with Gasteiger partial charge in [0.15, 0.2) is 9.84 Å². The lowest BCUT2D eigenvalue weighted by Crippen LogP contribution is -2.41. The molecular formula is C20H28N4O2S2. The fourth-order valence-corrected chi connectivity index (χ4v) is 6.85. The van der Waals surface area contributed by atoms with E-state index in [4.69, 9.17) is 9.97 Å². The SMILES string of the molecule is O=S1(=O)CCN(CCCNc2nc(C3CC3)nc3sc4c(c23)CCCC4)CC1. The largest absolute Gasteiger partial charge is 0.369 e. The van der Waals surface area contributed by atoms with E-state index in [1.165, 1.54) is 52.8 Å². The van der Waals surface area contributed by atoms with Gasteiger partial charge in [-0.1, -0.05) is 0 Å². The van der Waals surface area contributed by atoms with Gasteiger partial charge in [0.1, 0.15) is 16.5 Å². The molecular weight excluding hydrogens is 392 g/mol. The van der Waals surface area contributed by atoms with Crippen LogP contribution in [0.4, 0.5) is 5.82 Å². The summed E-state index contributed by atoms with van der Waals surface area (Å²) in [5.74, 6) is 3.22. The normalized spacial score (nSPS) is 22.3. The van der Waals surface area contributed by atoms with Crippen LogP contribution in [-0.4, -0.2) is 61.0 Å². The molecule has 2 fully saturated rings. The first-order chi connectivity index (χ1) is 13.6. The highest BCUT2D eigenvalue weighted by molar-refractivity contribution is 7.91. The number of hydrogen-bond acceptors (Lipinski definition) is 7. The second-order valence-corrected chi connectivity index (χ2v) is 11.8. The summed E-state index contributed by atoms with van der Waals surface area (Å²) in [6.07, 6.45) is 8.32. The Bertz CT molecular complexity index is 968. The van der Waals surface area contributed by atoms with Crippen molar-refractivity contribution in [2.24, 2.45) is 0 Å². The van der Waals surface area contributed by atoms with E-state index in [1.807, 2.05) is 11.3 Å². The number of fused-ring (bicyclic) bond motifs is 3. The second kappa shape index (κ2) is 7.54. The van der Waals surface area contributed by atoms with Crippen LogP contribution in [0.3, 0.4) is 0 Å². The van der Waals surface area contributed by atoms with Crippen LogP contribution in [0.1, 0.15) is 54.3 Å². The minimum Gasteiger partial charge on any atom is -0.369 e. The van der Waals surface area contributed by atoms with Gasteiger partial charge in [0.2, 0.25) is 0 Å². The summed E-state index contributed by atoms with van der Waals surface area (Å²) in [5.41, 5.74) is 1.48. The van der Waals surface area contributed by atoms with Crippen molar-refractivity contribution >= 4 is 37.2 Å². The maximum absolute atomic E-state index is 11.6. The number of anilines is 1. The first-order valence-corrected chi connectivity index (χ1v) is 13.2. The third-order valence-electron chi connectivity index (χ3n) is 6.16. The van der Waals surface area contributed by atoms with E-state index < -0.39 is 9.84 Å². The standard InChI is InChI=1S/C20H28N4O2S2/c25-28(26)12-10-24(11-13-28)9-3-8-21-19-17-15-4-1-2-5-16(15)27-20(17)23-18(22-19)14-6-7-14/h14H,1-13H2,(H,21,22,23). The second-order valence-electron chi connectivity index (χ2n) is 8.37. The molecule has 0 atom stereocenters. The molecule has 0 radical (unpaired) electrons. The molecule has 0 bridgehead atoms. The van der Waals surface area contributed by atoms with Crippen LogP contribution in [0.25, 0.3) is 10.2 Å². The van der Waals surface area contributed by atoms with E-state index in [0.717, 1.165) is 37.6 Å². The Kier molecular flexibility index (Phi) is 5.05. The van der Waals surface area contributed by atoms with Crippen LogP contribution in [0.5, 0.6) is 0 Å². The number of nitrogens with one attached hydrogen (secondary N) is 1. The number of thiophene rings is 1. The minimum absolute atomic E-state index is 0.304. The molecule has 1 aliphatic heterocycles. The first kappa shape index (κ1) is 18.8. The Hall–Kier alpha value is -1.25. The fraction of sp³-hybridized carbons (Fsp3) is 0.700. The van der Waals surface area contributed by atoms with E-state index in [9.17, 15) is 8.42 Å². The summed E-state index contributed by atoms with van der Waals surface area (Å²) in [6, 6.07) is 0. The summed E-state index contributed by atoms with van der Waals surface area (Å²) >= 11 is 1.88. The van der Waals surface area contributed by atoms with Gasteiger partial charge >= 0.3 is 0 Å². The average Bonchev–Trinajstić information content (AvgIpc) is 3.46. The van der Waals surface area contributed by atoms with E-state index >= 15 is 0 Å².